The SMILES string of the molecule is CO[C@H]1CCCN(Cc2ccc(-c3nc(CCn4cccn4)cc(=O)[nH]3)cc2)C1. The summed E-state index contributed by atoms with van der Waals surface area (Å²) in [5, 5.41) is 4.19. The van der Waals surface area contributed by atoms with Gasteiger partial charge in [0.25, 0.3) is 5.56 Å². The van der Waals surface area contributed by atoms with Crippen molar-refractivity contribution in [2.45, 2.75) is 38.5 Å². The number of rotatable bonds is 7. The molecule has 1 fully saturated rings. The molecule has 29 heavy (non-hydrogen) atoms. The molecule has 3 aromatic rings. The Morgan fingerprint density at radius 3 is 2.90 bits per heavy atom. The first-order valence-corrected chi connectivity index (χ1v) is 10.1. The quantitative estimate of drug-likeness (QED) is 0.667. The topological polar surface area (TPSA) is 76.0 Å². The van der Waals surface area contributed by atoms with E-state index in [1.54, 1.807) is 19.4 Å². The summed E-state index contributed by atoms with van der Waals surface area (Å²) in [5.41, 5.74) is 2.80. The second kappa shape index (κ2) is 9.15. The highest BCUT2D eigenvalue weighted by atomic mass is 16.5. The summed E-state index contributed by atoms with van der Waals surface area (Å²) in [6.07, 6.45) is 6.96. The van der Waals surface area contributed by atoms with E-state index in [2.05, 4.69) is 32.1 Å². The van der Waals surface area contributed by atoms with Crippen LogP contribution in [-0.2, 0) is 24.2 Å². The van der Waals surface area contributed by atoms with E-state index in [-0.39, 0.29) is 5.56 Å². The molecule has 1 saturated heterocycles. The predicted molar refractivity (Wildman–Crippen MR) is 112 cm³/mol. The lowest BCUT2D eigenvalue weighted by atomic mass is 10.1. The summed E-state index contributed by atoms with van der Waals surface area (Å²) >= 11 is 0. The number of nitrogens with zero attached hydrogens (tertiary/aromatic N) is 4. The molecule has 1 atom stereocenters. The first kappa shape index (κ1) is 19.5. The van der Waals surface area contributed by atoms with Crippen LogP contribution in [-0.4, -0.2) is 51.0 Å². The molecule has 0 radical (unpaired) electrons. The van der Waals surface area contributed by atoms with Gasteiger partial charge in [-0.05, 0) is 31.0 Å². The fourth-order valence-corrected chi connectivity index (χ4v) is 3.81. The number of H-pyrrole nitrogens is 1. The van der Waals surface area contributed by atoms with Crippen LogP contribution in [0.15, 0.2) is 53.6 Å². The third kappa shape index (κ3) is 5.19. The Balaban J connectivity index is 1.43. The molecule has 0 unspecified atom stereocenters. The number of hydrogen-bond acceptors (Lipinski definition) is 5. The summed E-state index contributed by atoms with van der Waals surface area (Å²) in [6.45, 7) is 3.69. The highest BCUT2D eigenvalue weighted by Crippen LogP contribution is 2.19. The van der Waals surface area contributed by atoms with Gasteiger partial charge in [0.1, 0.15) is 5.82 Å². The minimum atomic E-state index is -0.131. The Morgan fingerprint density at radius 1 is 1.28 bits per heavy atom. The fourth-order valence-electron chi connectivity index (χ4n) is 3.81. The summed E-state index contributed by atoms with van der Waals surface area (Å²) in [5.74, 6) is 0.608. The maximum Gasteiger partial charge on any atom is 0.251 e. The molecule has 4 rings (SSSR count). The minimum Gasteiger partial charge on any atom is -0.380 e. The van der Waals surface area contributed by atoms with Crippen molar-refractivity contribution >= 4 is 0 Å². The lowest BCUT2D eigenvalue weighted by molar-refractivity contribution is 0.0285. The molecule has 0 saturated carbocycles. The molecule has 7 heteroatoms. The van der Waals surface area contributed by atoms with Crippen molar-refractivity contribution in [3.05, 3.63) is 70.4 Å². The molecule has 0 spiro atoms. The van der Waals surface area contributed by atoms with Gasteiger partial charge < -0.3 is 9.72 Å². The summed E-state index contributed by atoms with van der Waals surface area (Å²) in [6, 6.07) is 11.7. The number of nitrogens with one attached hydrogen (secondary N) is 1. The summed E-state index contributed by atoms with van der Waals surface area (Å²) < 4.78 is 7.35. The number of methoxy groups -OCH3 is 1. The largest absolute Gasteiger partial charge is 0.380 e. The summed E-state index contributed by atoms with van der Waals surface area (Å²) in [7, 11) is 1.79. The average molecular weight is 393 g/mol. The molecule has 1 aromatic carbocycles. The maximum atomic E-state index is 12.1. The normalized spacial score (nSPS) is 17.5. The van der Waals surface area contributed by atoms with Gasteiger partial charge in [0, 0.05) is 57.2 Å². The third-order valence-electron chi connectivity index (χ3n) is 5.38. The van der Waals surface area contributed by atoms with Crippen LogP contribution in [0.4, 0.5) is 0 Å². The van der Waals surface area contributed by atoms with E-state index in [0.717, 1.165) is 37.3 Å². The van der Waals surface area contributed by atoms with Gasteiger partial charge in [0.2, 0.25) is 0 Å². The number of piperidine rings is 1. The van der Waals surface area contributed by atoms with Gasteiger partial charge in [-0.3, -0.25) is 14.4 Å². The lowest BCUT2D eigenvalue weighted by Crippen LogP contribution is -2.38. The second-order valence-corrected chi connectivity index (χ2v) is 7.54. The minimum absolute atomic E-state index is 0.131. The van der Waals surface area contributed by atoms with Crippen molar-refractivity contribution in [2.75, 3.05) is 20.2 Å². The Bertz CT molecular complexity index is 966. The van der Waals surface area contributed by atoms with Crippen molar-refractivity contribution in [3.8, 4) is 11.4 Å². The van der Waals surface area contributed by atoms with Gasteiger partial charge in [0.05, 0.1) is 11.8 Å². The smallest absolute Gasteiger partial charge is 0.251 e. The molecule has 1 aliphatic heterocycles. The molecule has 0 amide bonds. The maximum absolute atomic E-state index is 12.1. The van der Waals surface area contributed by atoms with E-state index in [4.69, 9.17) is 4.74 Å². The van der Waals surface area contributed by atoms with Gasteiger partial charge in [0.15, 0.2) is 0 Å². The molecular weight excluding hydrogens is 366 g/mol. The Labute approximate surface area is 170 Å². The Morgan fingerprint density at radius 2 is 2.14 bits per heavy atom. The zero-order valence-electron chi connectivity index (χ0n) is 16.8. The first-order chi connectivity index (χ1) is 14.2. The van der Waals surface area contributed by atoms with Crippen molar-refractivity contribution in [3.63, 3.8) is 0 Å². The molecule has 7 nitrogen and oxygen atoms in total. The van der Waals surface area contributed by atoms with Crippen LogP contribution in [0.1, 0.15) is 24.1 Å². The van der Waals surface area contributed by atoms with E-state index < -0.39 is 0 Å². The zero-order chi connectivity index (χ0) is 20.1. The average Bonchev–Trinajstić information content (AvgIpc) is 3.26. The Hall–Kier alpha value is -2.77. The van der Waals surface area contributed by atoms with E-state index in [1.165, 1.54) is 12.0 Å². The van der Waals surface area contributed by atoms with E-state index in [9.17, 15) is 4.79 Å². The van der Waals surface area contributed by atoms with E-state index in [0.29, 0.717) is 24.9 Å². The molecule has 0 aliphatic carbocycles. The van der Waals surface area contributed by atoms with Crippen LogP contribution in [0.2, 0.25) is 0 Å². The second-order valence-electron chi connectivity index (χ2n) is 7.54. The number of aromatic nitrogens is 4. The number of hydrogen-bond donors (Lipinski definition) is 1. The zero-order valence-corrected chi connectivity index (χ0v) is 16.8. The van der Waals surface area contributed by atoms with Crippen LogP contribution in [0.3, 0.4) is 0 Å². The number of likely N-dealkylation sites (tertiary alicyclic amines) is 1. The molecule has 0 bridgehead atoms. The van der Waals surface area contributed by atoms with Gasteiger partial charge in [-0.2, -0.15) is 5.10 Å². The van der Waals surface area contributed by atoms with E-state index in [1.807, 2.05) is 29.1 Å². The highest BCUT2D eigenvalue weighted by molar-refractivity contribution is 5.55. The molecule has 2 aromatic heterocycles. The highest BCUT2D eigenvalue weighted by Gasteiger charge is 2.19. The monoisotopic (exact) mass is 393 g/mol. The lowest BCUT2D eigenvalue weighted by Gasteiger charge is -2.31. The van der Waals surface area contributed by atoms with Gasteiger partial charge >= 0.3 is 0 Å². The van der Waals surface area contributed by atoms with Crippen LogP contribution in [0.5, 0.6) is 0 Å². The van der Waals surface area contributed by atoms with Crippen molar-refractivity contribution in [1.29, 1.82) is 0 Å². The number of aromatic amines is 1. The van der Waals surface area contributed by atoms with Crippen LogP contribution in [0, 0.1) is 0 Å². The first-order valence-electron chi connectivity index (χ1n) is 10.1. The number of ether oxygens (including phenoxy) is 1. The summed E-state index contributed by atoms with van der Waals surface area (Å²) in [4.78, 5) is 22.0. The Kier molecular flexibility index (Phi) is 6.17. The molecule has 3 heterocycles. The predicted octanol–water partition coefficient (Wildman–Crippen LogP) is 2.49. The third-order valence-corrected chi connectivity index (χ3v) is 5.38. The molecule has 1 N–H and O–H groups in total. The van der Waals surface area contributed by atoms with Crippen molar-refractivity contribution in [1.82, 2.24) is 24.6 Å². The van der Waals surface area contributed by atoms with Crippen LogP contribution in [0.25, 0.3) is 11.4 Å². The standard InChI is InChI=1S/C22H27N5O2/c1-29-20-4-2-11-26(16-20)15-17-5-7-18(8-6-17)22-24-19(14-21(28)25-22)9-13-27-12-3-10-23-27/h3,5-8,10,12,14,20H,2,4,9,11,13,15-16H2,1H3,(H,24,25,28)/t20-/m0/s1. The molecular formula is C22H27N5O2. The number of aryl methyl sites for hydroxylation is 2. The molecule has 152 valence electrons. The van der Waals surface area contributed by atoms with Crippen LogP contribution >= 0.6 is 0 Å². The molecule has 1 aliphatic rings. The van der Waals surface area contributed by atoms with Gasteiger partial charge in [-0.15, -0.1) is 0 Å². The van der Waals surface area contributed by atoms with Crippen LogP contribution < -0.4 is 5.56 Å². The van der Waals surface area contributed by atoms with Gasteiger partial charge in [-0.25, -0.2) is 4.98 Å². The van der Waals surface area contributed by atoms with E-state index >= 15 is 0 Å². The fraction of sp³-hybridized carbons (Fsp3) is 0.409. The van der Waals surface area contributed by atoms with Gasteiger partial charge in [-0.1, -0.05) is 24.3 Å². The number of benzene rings is 1. The van der Waals surface area contributed by atoms with Crippen molar-refractivity contribution in [2.24, 2.45) is 0 Å². The van der Waals surface area contributed by atoms with Crippen molar-refractivity contribution < 1.29 is 4.74 Å².